The molecule has 2 aromatic rings. The number of ether oxygens (including phenoxy) is 2. The van der Waals surface area contributed by atoms with Gasteiger partial charge in [-0.1, -0.05) is 51.1 Å². The van der Waals surface area contributed by atoms with Crippen LogP contribution in [0.5, 0.6) is 5.75 Å². The molecule has 2 aromatic carbocycles. The van der Waals surface area contributed by atoms with E-state index >= 15 is 0 Å². The number of para-hydroxylation sites is 1. The minimum atomic E-state index is -0.377. The van der Waals surface area contributed by atoms with E-state index in [2.05, 4.69) is 26.8 Å². The summed E-state index contributed by atoms with van der Waals surface area (Å²) in [6.07, 6.45) is 3.06. The van der Waals surface area contributed by atoms with E-state index in [1.54, 1.807) is 30.0 Å². The zero-order valence-corrected chi connectivity index (χ0v) is 18.1. The van der Waals surface area contributed by atoms with Crippen LogP contribution in [0.15, 0.2) is 54.6 Å². The van der Waals surface area contributed by atoms with Crippen LogP contribution < -0.4 is 4.74 Å². The lowest BCUT2D eigenvalue weighted by atomic mass is 9.86. The SMILES string of the molecule is CCOC(=O)C=Cc1ccc(C(=O)N2CC(Oc3ccccc3C(C)(C)C)C2)cc1. The van der Waals surface area contributed by atoms with Gasteiger partial charge in [0.05, 0.1) is 19.7 Å². The maximum Gasteiger partial charge on any atom is 0.330 e. The fraction of sp³-hybridized carbons (Fsp3) is 0.360. The van der Waals surface area contributed by atoms with Gasteiger partial charge >= 0.3 is 5.97 Å². The molecule has 0 spiro atoms. The Morgan fingerprint density at radius 1 is 1.07 bits per heavy atom. The molecule has 1 saturated heterocycles. The molecule has 0 N–H and O–H groups in total. The summed E-state index contributed by atoms with van der Waals surface area (Å²) in [6, 6.07) is 15.3. The van der Waals surface area contributed by atoms with Crippen molar-refractivity contribution in [2.24, 2.45) is 0 Å². The molecule has 0 unspecified atom stereocenters. The van der Waals surface area contributed by atoms with Gasteiger partial charge in [-0.25, -0.2) is 4.79 Å². The van der Waals surface area contributed by atoms with Crippen molar-refractivity contribution in [2.75, 3.05) is 19.7 Å². The van der Waals surface area contributed by atoms with Crippen molar-refractivity contribution in [3.8, 4) is 5.75 Å². The van der Waals surface area contributed by atoms with Crippen LogP contribution in [0.25, 0.3) is 6.08 Å². The Balaban J connectivity index is 1.55. The summed E-state index contributed by atoms with van der Waals surface area (Å²) in [5.74, 6) is 0.497. The molecule has 0 aromatic heterocycles. The Labute approximate surface area is 178 Å². The molecule has 5 nitrogen and oxygen atoms in total. The van der Waals surface area contributed by atoms with Crippen LogP contribution in [0, 0.1) is 0 Å². The Hall–Kier alpha value is -3.08. The summed E-state index contributed by atoms with van der Waals surface area (Å²) in [7, 11) is 0. The van der Waals surface area contributed by atoms with Gasteiger partial charge in [0.1, 0.15) is 11.9 Å². The molecular weight excluding hydrogens is 378 g/mol. The summed E-state index contributed by atoms with van der Waals surface area (Å²) in [5.41, 5.74) is 2.63. The number of hydrogen-bond acceptors (Lipinski definition) is 4. The smallest absolute Gasteiger partial charge is 0.330 e. The third-order valence-corrected chi connectivity index (χ3v) is 4.98. The van der Waals surface area contributed by atoms with Crippen molar-refractivity contribution in [1.29, 1.82) is 0 Å². The predicted molar refractivity (Wildman–Crippen MR) is 118 cm³/mol. The van der Waals surface area contributed by atoms with E-state index < -0.39 is 0 Å². The molecule has 0 radical (unpaired) electrons. The maximum absolute atomic E-state index is 12.7. The average molecular weight is 408 g/mol. The van der Waals surface area contributed by atoms with Crippen LogP contribution in [-0.4, -0.2) is 42.6 Å². The number of esters is 1. The monoisotopic (exact) mass is 407 g/mol. The quantitative estimate of drug-likeness (QED) is 0.524. The normalized spacial score (nSPS) is 14.5. The van der Waals surface area contributed by atoms with Gasteiger partial charge in [-0.3, -0.25) is 4.79 Å². The lowest BCUT2D eigenvalue weighted by Crippen LogP contribution is -2.56. The standard InChI is InChI=1S/C25H29NO4/c1-5-29-23(27)15-12-18-10-13-19(14-11-18)24(28)26-16-20(17-26)30-22-9-7-6-8-21(22)25(2,3)4/h6-15,20H,5,16-17H2,1-4H3. The highest BCUT2D eigenvalue weighted by Crippen LogP contribution is 2.32. The van der Waals surface area contributed by atoms with E-state index in [-0.39, 0.29) is 23.4 Å². The molecule has 0 bridgehead atoms. The third-order valence-electron chi connectivity index (χ3n) is 4.98. The number of carbonyl (C=O) groups excluding carboxylic acids is 2. The van der Waals surface area contributed by atoms with Crippen molar-refractivity contribution in [3.63, 3.8) is 0 Å². The van der Waals surface area contributed by atoms with Gasteiger partial charge in [0.2, 0.25) is 0 Å². The van der Waals surface area contributed by atoms with Crippen LogP contribution in [-0.2, 0) is 14.9 Å². The van der Waals surface area contributed by atoms with Gasteiger partial charge < -0.3 is 14.4 Å². The number of rotatable bonds is 6. The Bertz CT molecular complexity index is 919. The van der Waals surface area contributed by atoms with Crippen LogP contribution in [0.2, 0.25) is 0 Å². The van der Waals surface area contributed by atoms with Gasteiger partial charge in [0.15, 0.2) is 0 Å². The molecular formula is C25H29NO4. The van der Waals surface area contributed by atoms with E-state index in [4.69, 9.17) is 9.47 Å². The second-order valence-corrected chi connectivity index (χ2v) is 8.40. The molecule has 1 aliphatic rings. The van der Waals surface area contributed by atoms with E-state index in [0.717, 1.165) is 11.3 Å². The minimum absolute atomic E-state index is 0.000678. The van der Waals surface area contributed by atoms with E-state index in [1.165, 1.54) is 11.6 Å². The molecule has 0 aliphatic carbocycles. The summed E-state index contributed by atoms with van der Waals surface area (Å²) < 4.78 is 11.0. The molecule has 158 valence electrons. The third kappa shape index (κ3) is 5.29. The number of amides is 1. The fourth-order valence-electron chi connectivity index (χ4n) is 3.32. The van der Waals surface area contributed by atoms with Gasteiger partial charge in [-0.15, -0.1) is 0 Å². The second kappa shape index (κ2) is 9.16. The topological polar surface area (TPSA) is 55.8 Å². The lowest BCUT2D eigenvalue weighted by molar-refractivity contribution is -0.137. The number of nitrogens with zero attached hydrogens (tertiary/aromatic N) is 1. The van der Waals surface area contributed by atoms with Crippen LogP contribution >= 0.6 is 0 Å². The van der Waals surface area contributed by atoms with E-state index in [1.807, 2.05) is 30.3 Å². The molecule has 1 fully saturated rings. The number of hydrogen-bond donors (Lipinski definition) is 0. The molecule has 5 heteroatoms. The Morgan fingerprint density at radius 3 is 2.37 bits per heavy atom. The average Bonchev–Trinajstić information content (AvgIpc) is 2.68. The first-order valence-corrected chi connectivity index (χ1v) is 10.3. The summed E-state index contributed by atoms with van der Waals surface area (Å²) in [5, 5.41) is 0. The fourth-order valence-corrected chi connectivity index (χ4v) is 3.32. The molecule has 3 rings (SSSR count). The van der Waals surface area contributed by atoms with Crippen LogP contribution in [0.1, 0.15) is 49.2 Å². The highest BCUT2D eigenvalue weighted by atomic mass is 16.5. The zero-order valence-electron chi connectivity index (χ0n) is 18.1. The molecule has 0 saturated carbocycles. The summed E-state index contributed by atoms with van der Waals surface area (Å²) >= 11 is 0. The first kappa shape index (κ1) is 21.6. The molecule has 1 heterocycles. The van der Waals surface area contributed by atoms with Crippen molar-refractivity contribution in [1.82, 2.24) is 4.90 Å². The van der Waals surface area contributed by atoms with Gasteiger partial charge in [0, 0.05) is 11.6 Å². The molecule has 1 aliphatic heterocycles. The minimum Gasteiger partial charge on any atom is -0.486 e. The molecule has 30 heavy (non-hydrogen) atoms. The van der Waals surface area contributed by atoms with Crippen molar-refractivity contribution >= 4 is 18.0 Å². The Kier molecular flexibility index (Phi) is 6.60. The van der Waals surface area contributed by atoms with E-state index in [0.29, 0.717) is 25.3 Å². The van der Waals surface area contributed by atoms with Gasteiger partial charge in [-0.2, -0.15) is 0 Å². The van der Waals surface area contributed by atoms with Crippen molar-refractivity contribution < 1.29 is 19.1 Å². The molecule has 1 amide bonds. The zero-order chi connectivity index (χ0) is 21.7. The van der Waals surface area contributed by atoms with E-state index in [9.17, 15) is 9.59 Å². The molecule has 0 atom stereocenters. The number of carbonyl (C=O) groups is 2. The largest absolute Gasteiger partial charge is 0.486 e. The summed E-state index contributed by atoms with van der Waals surface area (Å²) in [6.45, 7) is 9.75. The van der Waals surface area contributed by atoms with Crippen molar-refractivity contribution in [3.05, 3.63) is 71.3 Å². The lowest BCUT2D eigenvalue weighted by Gasteiger charge is -2.39. The maximum atomic E-state index is 12.7. The first-order chi connectivity index (χ1) is 14.3. The predicted octanol–water partition coefficient (Wildman–Crippen LogP) is 4.46. The van der Waals surface area contributed by atoms with Crippen LogP contribution in [0.3, 0.4) is 0 Å². The second-order valence-electron chi connectivity index (χ2n) is 8.40. The highest BCUT2D eigenvalue weighted by molar-refractivity contribution is 5.95. The highest BCUT2D eigenvalue weighted by Gasteiger charge is 2.33. The van der Waals surface area contributed by atoms with Gasteiger partial charge in [-0.05, 0) is 47.7 Å². The van der Waals surface area contributed by atoms with Crippen molar-refractivity contribution in [2.45, 2.75) is 39.2 Å². The number of benzene rings is 2. The Morgan fingerprint density at radius 2 is 1.73 bits per heavy atom. The first-order valence-electron chi connectivity index (χ1n) is 10.3. The van der Waals surface area contributed by atoms with Gasteiger partial charge in [0.25, 0.3) is 5.91 Å². The number of likely N-dealkylation sites (tertiary alicyclic amines) is 1. The summed E-state index contributed by atoms with van der Waals surface area (Å²) in [4.78, 5) is 25.9. The van der Waals surface area contributed by atoms with Crippen LogP contribution in [0.4, 0.5) is 0 Å².